The third-order valence-corrected chi connectivity index (χ3v) is 11.5. The van der Waals surface area contributed by atoms with Gasteiger partial charge < -0.3 is 29.9 Å². The van der Waals surface area contributed by atoms with Crippen LogP contribution in [0.2, 0.25) is 0 Å². The zero-order chi connectivity index (χ0) is 36.8. The van der Waals surface area contributed by atoms with Crippen LogP contribution in [0.1, 0.15) is 55.2 Å². The highest BCUT2D eigenvalue weighted by molar-refractivity contribution is 6.34. The summed E-state index contributed by atoms with van der Waals surface area (Å²) in [5.74, 6) is 0.485. The quantitative estimate of drug-likeness (QED) is 0.176. The number of hydroxylamine groups is 1. The molecule has 3 fully saturated rings. The molecule has 3 saturated heterocycles. The number of carbonyl (C=O) groups is 4. The fourth-order valence-electron chi connectivity index (χ4n) is 8.46. The zero-order valence-electron chi connectivity index (χ0n) is 30.1. The van der Waals surface area contributed by atoms with Crippen LogP contribution >= 0.6 is 0 Å². The van der Waals surface area contributed by atoms with Crippen LogP contribution in [0.4, 0.5) is 15.3 Å². The van der Waals surface area contributed by atoms with Crippen molar-refractivity contribution in [2.75, 3.05) is 57.7 Å². The lowest BCUT2D eigenvalue weighted by Gasteiger charge is -2.41. The van der Waals surface area contributed by atoms with Crippen molar-refractivity contribution in [3.05, 3.63) is 59.7 Å². The number of anilines is 1. The topological polar surface area (TPSA) is 155 Å². The maximum atomic E-state index is 14.1. The van der Waals surface area contributed by atoms with Crippen LogP contribution in [0.15, 0.2) is 43.0 Å². The van der Waals surface area contributed by atoms with Gasteiger partial charge >= 0.3 is 12.1 Å². The van der Waals surface area contributed by atoms with Gasteiger partial charge in [0.1, 0.15) is 13.6 Å². The van der Waals surface area contributed by atoms with Gasteiger partial charge in [-0.05, 0) is 98.6 Å². The third kappa shape index (κ3) is 8.72. The summed E-state index contributed by atoms with van der Waals surface area (Å²) in [6.45, 7) is 8.17. The van der Waals surface area contributed by atoms with Crippen LogP contribution in [0.5, 0.6) is 5.75 Å². The first-order valence-corrected chi connectivity index (χ1v) is 18.6. The van der Waals surface area contributed by atoms with Crippen LogP contribution in [-0.4, -0.2) is 126 Å². The molecule has 13 nitrogen and oxygen atoms in total. The summed E-state index contributed by atoms with van der Waals surface area (Å²) in [4.78, 5) is 59.9. The van der Waals surface area contributed by atoms with Crippen LogP contribution in [0, 0.1) is 11.8 Å². The molecule has 0 aromatic heterocycles. The van der Waals surface area contributed by atoms with E-state index in [9.17, 15) is 24.3 Å². The van der Waals surface area contributed by atoms with Gasteiger partial charge in [-0.3, -0.25) is 19.7 Å². The number of benzene rings is 2. The molecule has 4 aliphatic heterocycles. The molecule has 4 aliphatic rings. The van der Waals surface area contributed by atoms with Gasteiger partial charge in [0.25, 0.3) is 11.8 Å². The first-order valence-electron chi connectivity index (χ1n) is 18.6. The molecule has 0 radical (unpaired) electrons. The number of likely N-dealkylation sites (tertiary alicyclic amines) is 3. The molecule has 0 bridgehead atoms. The molecular weight excluding hydrogens is 663 g/mol. The Hall–Kier alpha value is -4.56. The van der Waals surface area contributed by atoms with E-state index in [0.29, 0.717) is 68.4 Å². The molecule has 2 aromatic carbocycles. The Morgan fingerprint density at radius 2 is 1.62 bits per heavy atom. The van der Waals surface area contributed by atoms with Gasteiger partial charge in [0.05, 0.1) is 6.54 Å². The van der Waals surface area contributed by atoms with Crippen LogP contribution in [0.3, 0.4) is 0 Å². The van der Waals surface area contributed by atoms with E-state index < -0.39 is 18.1 Å². The number of ether oxygens (including phenoxy) is 1. The van der Waals surface area contributed by atoms with E-state index in [0.717, 1.165) is 62.0 Å². The predicted molar refractivity (Wildman–Crippen MR) is 199 cm³/mol. The van der Waals surface area contributed by atoms with Crippen molar-refractivity contribution < 1.29 is 34.2 Å². The van der Waals surface area contributed by atoms with Crippen molar-refractivity contribution in [1.29, 1.82) is 0 Å². The molecule has 6 rings (SSSR count). The highest BCUT2D eigenvalue weighted by Gasteiger charge is 2.37. The minimum atomic E-state index is -1.04. The Morgan fingerprint density at radius 3 is 2.29 bits per heavy atom. The number of hydrogen-bond donors (Lipinski definition) is 4. The normalized spacial score (nSPS) is 20.0. The highest BCUT2D eigenvalue weighted by atomic mass is 16.6. The van der Waals surface area contributed by atoms with E-state index in [1.54, 1.807) is 30.4 Å². The molecule has 4 heterocycles. The minimum Gasteiger partial charge on any atom is -0.508 e. The summed E-state index contributed by atoms with van der Waals surface area (Å²) in [5, 5.41) is 22.4. The fraction of sp³-hybridized carbons (Fsp3) is 0.526. The van der Waals surface area contributed by atoms with Gasteiger partial charge in [-0.25, -0.2) is 15.1 Å². The first-order chi connectivity index (χ1) is 25.1. The van der Waals surface area contributed by atoms with Crippen molar-refractivity contribution in [3.8, 4) is 5.75 Å². The predicted octanol–water partition coefficient (Wildman–Crippen LogP) is 2.35. The Kier molecular flexibility index (Phi) is 12.1. The molecule has 0 spiro atoms. The maximum Gasteiger partial charge on any atom is 0.410 e. The number of fused-ring (bicyclic) bond motifs is 1. The van der Waals surface area contributed by atoms with Gasteiger partial charge in [-0.1, -0.05) is 36.9 Å². The monoisotopic (exact) mass is 714 g/mol. The number of phenolic OH excluding ortho intramolecular Hbond substituents is 1. The van der Waals surface area contributed by atoms with E-state index in [4.69, 9.17) is 9.94 Å². The number of hydrogen-bond acceptors (Lipinski definition) is 8. The second-order valence-electron chi connectivity index (χ2n) is 14.7. The van der Waals surface area contributed by atoms with E-state index in [-0.39, 0.29) is 36.7 Å². The van der Waals surface area contributed by atoms with Crippen molar-refractivity contribution in [1.82, 2.24) is 25.1 Å². The van der Waals surface area contributed by atoms with Crippen molar-refractivity contribution in [3.63, 3.8) is 0 Å². The summed E-state index contributed by atoms with van der Waals surface area (Å²) in [6, 6.07) is 11.3. The number of amides is 5. The SMILES string of the molecule is Bc1cc(C[C@@H](OC(=O)N2CCC(N3CCc4ccccc4NC3=O)CC2)C(=O)N2CCC(C3CCN(CC(=O)NO)CC3)CC2)cc(C=C)c1O. The average Bonchev–Trinajstić information content (AvgIpc) is 3.33. The molecule has 4 N–H and O–H groups in total. The van der Waals surface area contributed by atoms with Crippen LogP contribution < -0.4 is 16.3 Å². The van der Waals surface area contributed by atoms with Crippen molar-refractivity contribution in [2.24, 2.45) is 11.8 Å². The number of urea groups is 1. The summed E-state index contributed by atoms with van der Waals surface area (Å²) in [5.41, 5.74) is 5.62. The number of nitrogens with one attached hydrogen (secondary N) is 2. The highest BCUT2D eigenvalue weighted by Crippen LogP contribution is 2.33. The lowest BCUT2D eigenvalue weighted by molar-refractivity contribution is -0.142. The minimum absolute atomic E-state index is 0.0124. The molecule has 278 valence electrons. The van der Waals surface area contributed by atoms with E-state index in [2.05, 4.69) is 16.8 Å². The number of phenols is 1. The van der Waals surface area contributed by atoms with E-state index in [1.165, 1.54) is 0 Å². The number of aromatic hydroxyl groups is 1. The van der Waals surface area contributed by atoms with Crippen molar-refractivity contribution in [2.45, 2.75) is 63.5 Å². The van der Waals surface area contributed by atoms with Crippen LogP contribution in [0.25, 0.3) is 6.08 Å². The van der Waals surface area contributed by atoms with Gasteiger partial charge in [0.15, 0.2) is 6.10 Å². The standard InChI is InChI=1S/C38H51BN6O7/c1-2-26-21-25(22-31(39)35(26)47)23-33(36(48)43-16-9-28(10-17-43)27-7-14-42(15-8-27)24-34(46)41-51)52-38(50)44-18-12-30(13-19-44)45-20-11-29-5-3-4-6-32(29)40-37(45)49/h2-6,21-22,27-28,30,33,47,51H,1,7-20,23-24,39H2,(H,40,49)(H,41,46)/t33-/m1/s1. The molecule has 0 saturated carbocycles. The number of nitrogens with zero attached hydrogens (tertiary/aromatic N) is 4. The van der Waals surface area contributed by atoms with Gasteiger partial charge in [-0.2, -0.15) is 0 Å². The molecule has 5 amide bonds. The molecule has 2 aromatic rings. The number of para-hydroxylation sites is 1. The van der Waals surface area contributed by atoms with E-state index in [1.807, 2.05) is 40.1 Å². The molecular formula is C38H51BN6O7. The van der Waals surface area contributed by atoms with E-state index >= 15 is 0 Å². The van der Waals surface area contributed by atoms with Gasteiger partial charge in [0, 0.05) is 56.4 Å². The largest absolute Gasteiger partial charge is 0.508 e. The first kappa shape index (κ1) is 37.2. The molecule has 0 aliphatic carbocycles. The maximum absolute atomic E-state index is 14.1. The molecule has 14 heteroatoms. The Labute approximate surface area is 306 Å². The Balaban J connectivity index is 1.07. The molecule has 0 unspecified atom stereocenters. The molecule has 1 atom stereocenters. The fourth-order valence-corrected chi connectivity index (χ4v) is 8.46. The zero-order valence-corrected chi connectivity index (χ0v) is 30.1. The summed E-state index contributed by atoms with van der Waals surface area (Å²) < 4.78 is 6.07. The van der Waals surface area contributed by atoms with Gasteiger partial charge in [0.2, 0.25) is 0 Å². The van der Waals surface area contributed by atoms with Crippen molar-refractivity contribution >= 4 is 49.0 Å². The van der Waals surface area contributed by atoms with Gasteiger partial charge in [-0.15, -0.1) is 0 Å². The van der Waals surface area contributed by atoms with Crippen LogP contribution in [-0.2, 0) is 27.2 Å². The second kappa shape index (κ2) is 16.9. The second-order valence-corrected chi connectivity index (χ2v) is 14.7. The summed E-state index contributed by atoms with van der Waals surface area (Å²) in [7, 11) is 1.79. The average molecular weight is 715 g/mol. The summed E-state index contributed by atoms with van der Waals surface area (Å²) in [6.07, 6.45) is 5.78. The Bertz CT molecular complexity index is 1630. The lowest BCUT2D eigenvalue weighted by atomic mass is 9.78. The smallest absolute Gasteiger partial charge is 0.410 e. The number of carbonyl (C=O) groups excluding carboxylic acids is 4. The number of rotatable bonds is 9. The Morgan fingerprint density at radius 1 is 0.962 bits per heavy atom. The lowest BCUT2D eigenvalue weighted by Crippen LogP contribution is -2.52. The third-order valence-electron chi connectivity index (χ3n) is 11.5. The molecule has 52 heavy (non-hydrogen) atoms. The number of piperidine rings is 3. The summed E-state index contributed by atoms with van der Waals surface area (Å²) >= 11 is 0.